The molecule has 3 aliphatic carbocycles. The van der Waals surface area contributed by atoms with Crippen molar-refractivity contribution in [3.8, 4) is 5.75 Å². The standard InChI is InChI=1S/C19H25NO4/c1-3-24-17(22)19-10-8-18(9-11-19,12-16(19)21)20-13-14-4-6-15(23-2)7-5-14/h4-7,20H,3,8-13H2,1-2H3. The minimum absolute atomic E-state index is 0.0423. The molecule has 2 bridgehead atoms. The number of rotatable bonds is 6. The first-order chi connectivity index (χ1) is 11.5. The van der Waals surface area contributed by atoms with Crippen LogP contribution in [0.1, 0.15) is 44.6 Å². The number of ether oxygens (including phenoxy) is 2. The summed E-state index contributed by atoms with van der Waals surface area (Å²) in [6.45, 7) is 2.82. The number of carbonyl (C=O) groups excluding carboxylic acids is 2. The van der Waals surface area contributed by atoms with Gasteiger partial charge in [0.2, 0.25) is 0 Å². The van der Waals surface area contributed by atoms with Gasteiger partial charge < -0.3 is 14.8 Å². The summed E-state index contributed by atoms with van der Waals surface area (Å²) in [6.07, 6.45) is 3.30. The average molecular weight is 331 g/mol. The van der Waals surface area contributed by atoms with Crippen LogP contribution in [0.2, 0.25) is 0 Å². The lowest BCUT2D eigenvalue weighted by Crippen LogP contribution is -2.61. The molecule has 1 aromatic carbocycles. The van der Waals surface area contributed by atoms with Gasteiger partial charge in [-0.3, -0.25) is 9.59 Å². The fraction of sp³-hybridized carbons (Fsp3) is 0.579. The maximum atomic E-state index is 12.6. The third-order valence-corrected chi connectivity index (χ3v) is 5.59. The molecule has 0 amide bonds. The number of carbonyl (C=O) groups is 2. The van der Waals surface area contributed by atoms with E-state index in [-0.39, 0.29) is 17.3 Å². The first-order valence-electron chi connectivity index (χ1n) is 8.62. The molecule has 3 aliphatic rings. The van der Waals surface area contributed by atoms with E-state index in [1.54, 1.807) is 14.0 Å². The van der Waals surface area contributed by atoms with E-state index in [2.05, 4.69) is 5.32 Å². The zero-order valence-corrected chi connectivity index (χ0v) is 14.4. The molecule has 130 valence electrons. The molecule has 0 unspecified atom stereocenters. The van der Waals surface area contributed by atoms with E-state index in [1.165, 1.54) is 0 Å². The normalized spacial score (nSPS) is 28.7. The smallest absolute Gasteiger partial charge is 0.319 e. The third kappa shape index (κ3) is 2.93. The highest BCUT2D eigenvalue weighted by atomic mass is 16.5. The highest BCUT2D eigenvalue weighted by Gasteiger charge is 2.58. The van der Waals surface area contributed by atoms with Gasteiger partial charge in [-0.15, -0.1) is 0 Å². The molecule has 0 spiro atoms. The van der Waals surface area contributed by atoms with E-state index in [0.717, 1.165) is 24.2 Å². The van der Waals surface area contributed by atoms with Crippen LogP contribution in [0.3, 0.4) is 0 Å². The van der Waals surface area contributed by atoms with E-state index in [4.69, 9.17) is 9.47 Å². The summed E-state index contributed by atoms with van der Waals surface area (Å²) in [7, 11) is 1.65. The number of fused-ring (bicyclic) bond motifs is 3. The number of esters is 1. The molecule has 1 N–H and O–H groups in total. The van der Waals surface area contributed by atoms with Crippen LogP contribution in [-0.4, -0.2) is 31.0 Å². The molecule has 0 radical (unpaired) electrons. The quantitative estimate of drug-likeness (QED) is 0.641. The number of hydrogen-bond acceptors (Lipinski definition) is 5. The summed E-state index contributed by atoms with van der Waals surface area (Å²) in [5.41, 5.74) is 0.107. The number of benzene rings is 1. The number of methoxy groups -OCH3 is 1. The zero-order valence-electron chi connectivity index (χ0n) is 14.4. The fourth-order valence-electron chi connectivity index (χ4n) is 3.95. The van der Waals surface area contributed by atoms with Crippen LogP contribution in [0.25, 0.3) is 0 Å². The number of nitrogens with one attached hydrogen (secondary N) is 1. The lowest BCUT2D eigenvalue weighted by atomic mass is 9.56. The van der Waals surface area contributed by atoms with Gasteiger partial charge in [0.25, 0.3) is 0 Å². The molecule has 0 atom stereocenters. The molecule has 24 heavy (non-hydrogen) atoms. The van der Waals surface area contributed by atoms with Crippen molar-refractivity contribution >= 4 is 11.8 Å². The van der Waals surface area contributed by atoms with E-state index in [1.807, 2.05) is 24.3 Å². The summed E-state index contributed by atoms with van der Waals surface area (Å²) in [5, 5.41) is 3.58. The average Bonchev–Trinajstić information content (AvgIpc) is 2.61. The van der Waals surface area contributed by atoms with E-state index in [0.29, 0.717) is 32.4 Å². The van der Waals surface area contributed by atoms with E-state index in [9.17, 15) is 9.59 Å². The van der Waals surface area contributed by atoms with Crippen molar-refractivity contribution in [3.05, 3.63) is 29.8 Å². The maximum Gasteiger partial charge on any atom is 0.319 e. The second kappa shape index (κ2) is 6.55. The monoisotopic (exact) mass is 331 g/mol. The molecule has 3 fully saturated rings. The Hall–Kier alpha value is -1.88. The van der Waals surface area contributed by atoms with Crippen molar-refractivity contribution < 1.29 is 19.1 Å². The van der Waals surface area contributed by atoms with Gasteiger partial charge >= 0.3 is 5.97 Å². The molecule has 5 heteroatoms. The molecule has 3 saturated carbocycles. The maximum absolute atomic E-state index is 12.6. The Morgan fingerprint density at radius 1 is 1.17 bits per heavy atom. The second-order valence-corrected chi connectivity index (χ2v) is 6.88. The van der Waals surface area contributed by atoms with Gasteiger partial charge in [0.15, 0.2) is 5.78 Å². The number of hydrogen-bond donors (Lipinski definition) is 1. The minimum Gasteiger partial charge on any atom is -0.497 e. The highest BCUT2D eigenvalue weighted by Crippen LogP contribution is 2.50. The van der Waals surface area contributed by atoms with Crippen molar-refractivity contribution in [3.63, 3.8) is 0 Å². The van der Waals surface area contributed by atoms with Crippen LogP contribution < -0.4 is 10.1 Å². The van der Waals surface area contributed by atoms with Crippen molar-refractivity contribution in [2.24, 2.45) is 5.41 Å². The molecule has 0 heterocycles. The minimum atomic E-state index is -0.875. The second-order valence-electron chi connectivity index (χ2n) is 6.88. The van der Waals surface area contributed by atoms with Crippen LogP contribution in [0.15, 0.2) is 24.3 Å². The first-order valence-corrected chi connectivity index (χ1v) is 8.62. The molecule has 0 aromatic heterocycles. The molecule has 0 saturated heterocycles. The highest BCUT2D eigenvalue weighted by molar-refractivity contribution is 6.05. The summed E-state index contributed by atoms with van der Waals surface area (Å²) >= 11 is 0. The van der Waals surface area contributed by atoms with Crippen molar-refractivity contribution in [1.29, 1.82) is 0 Å². The van der Waals surface area contributed by atoms with Gasteiger partial charge in [-0.25, -0.2) is 0 Å². The Morgan fingerprint density at radius 2 is 1.83 bits per heavy atom. The summed E-state index contributed by atoms with van der Waals surface area (Å²) in [5.74, 6) is 0.556. The van der Waals surface area contributed by atoms with Crippen molar-refractivity contribution in [2.45, 2.75) is 51.1 Å². The Morgan fingerprint density at radius 3 is 2.38 bits per heavy atom. The lowest BCUT2D eigenvalue weighted by Gasteiger charge is -2.51. The fourth-order valence-corrected chi connectivity index (χ4v) is 3.95. The topological polar surface area (TPSA) is 64.6 Å². The molecule has 0 aliphatic heterocycles. The molecule has 4 rings (SSSR count). The summed E-state index contributed by atoms with van der Waals surface area (Å²) in [4.78, 5) is 24.9. The van der Waals surface area contributed by atoms with Gasteiger partial charge in [-0.2, -0.15) is 0 Å². The summed E-state index contributed by atoms with van der Waals surface area (Å²) in [6, 6.07) is 7.93. The third-order valence-electron chi connectivity index (χ3n) is 5.59. The largest absolute Gasteiger partial charge is 0.497 e. The Balaban J connectivity index is 1.64. The Kier molecular flexibility index (Phi) is 4.63. The van der Waals surface area contributed by atoms with Crippen LogP contribution in [-0.2, 0) is 20.9 Å². The van der Waals surface area contributed by atoms with Gasteiger partial charge in [0.1, 0.15) is 11.2 Å². The van der Waals surface area contributed by atoms with E-state index >= 15 is 0 Å². The lowest BCUT2D eigenvalue weighted by molar-refractivity contribution is -0.168. The SMILES string of the molecule is CCOC(=O)C12CCC(NCc3ccc(OC)cc3)(CC1)CC2=O. The molecular formula is C19H25NO4. The Labute approximate surface area is 142 Å². The van der Waals surface area contributed by atoms with E-state index < -0.39 is 5.41 Å². The van der Waals surface area contributed by atoms with Gasteiger partial charge in [-0.05, 0) is 50.3 Å². The Bertz CT molecular complexity index is 615. The van der Waals surface area contributed by atoms with Crippen molar-refractivity contribution in [2.75, 3.05) is 13.7 Å². The number of ketones is 1. The van der Waals surface area contributed by atoms with Gasteiger partial charge in [-0.1, -0.05) is 12.1 Å². The van der Waals surface area contributed by atoms with Crippen LogP contribution in [0.5, 0.6) is 5.75 Å². The van der Waals surface area contributed by atoms with Crippen molar-refractivity contribution in [1.82, 2.24) is 5.32 Å². The molecular weight excluding hydrogens is 306 g/mol. The van der Waals surface area contributed by atoms with Crippen LogP contribution >= 0.6 is 0 Å². The van der Waals surface area contributed by atoms with Crippen LogP contribution in [0, 0.1) is 5.41 Å². The number of Topliss-reactive ketones (excluding diaryl/α,β-unsaturated/α-hetero) is 1. The molecule has 5 nitrogen and oxygen atoms in total. The first kappa shape index (κ1) is 17.0. The predicted molar refractivity (Wildman–Crippen MR) is 89.7 cm³/mol. The molecule has 1 aromatic rings. The van der Waals surface area contributed by atoms with Gasteiger partial charge in [0, 0.05) is 18.5 Å². The summed E-state index contributed by atoms with van der Waals surface area (Å²) < 4.78 is 10.3. The van der Waals surface area contributed by atoms with Crippen LogP contribution in [0.4, 0.5) is 0 Å². The van der Waals surface area contributed by atoms with Gasteiger partial charge in [0.05, 0.1) is 13.7 Å². The predicted octanol–water partition coefficient (Wildman–Crippen LogP) is 2.62. The zero-order chi connectivity index (χ0) is 17.2.